The monoisotopic (exact) mass is 181 g/mol. The minimum absolute atomic E-state index is 0.383. The van der Waals surface area contributed by atoms with E-state index in [1.165, 1.54) is 11.3 Å². The van der Waals surface area contributed by atoms with Crippen molar-refractivity contribution in [1.82, 2.24) is 0 Å². The molecule has 0 radical (unpaired) electrons. The average molecular weight is 181 g/mol. The van der Waals surface area contributed by atoms with Crippen LogP contribution >= 0.6 is 11.3 Å². The zero-order chi connectivity index (χ0) is 8.55. The summed E-state index contributed by atoms with van der Waals surface area (Å²) < 4.78 is 0. The van der Waals surface area contributed by atoms with E-state index in [0.29, 0.717) is 12.1 Å². The first kappa shape index (κ1) is 7.30. The molecule has 1 aromatic rings. The lowest BCUT2D eigenvalue weighted by molar-refractivity contribution is 0.1000. The Morgan fingerprint density at radius 2 is 2.58 bits per heavy atom. The highest BCUT2D eigenvalue weighted by Crippen LogP contribution is 2.29. The van der Waals surface area contributed by atoms with Crippen molar-refractivity contribution in [2.24, 2.45) is 10.7 Å². The third-order valence-corrected chi connectivity index (χ3v) is 2.65. The summed E-state index contributed by atoms with van der Waals surface area (Å²) in [6.07, 6.45) is 1.63. The van der Waals surface area contributed by atoms with Gasteiger partial charge in [-0.3, -0.25) is 9.79 Å². The molecule has 0 fully saturated rings. The number of fused-ring (bicyclic) bond motifs is 1. The van der Waals surface area contributed by atoms with Gasteiger partial charge < -0.3 is 11.1 Å². The van der Waals surface area contributed by atoms with Crippen molar-refractivity contribution in [1.29, 1.82) is 0 Å². The van der Waals surface area contributed by atoms with E-state index in [1.807, 2.05) is 0 Å². The molecule has 0 saturated carbocycles. The highest BCUT2D eigenvalue weighted by atomic mass is 32.1. The number of nitrogens with two attached hydrogens (primary N) is 1. The molecule has 0 unspecified atom stereocenters. The molecule has 62 valence electrons. The lowest BCUT2D eigenvalue weighted by Crippen LogP contribution is -2.13. The number of nitrogens with one attached hydrogen (secondary N) is 1. The maximum atomic E-state index is 10.9. The van der Waals surface area contributed by atoms with Crippen molar-refractivity contribution in [3.8, 4) is 0 Å². The van der Waals surface area contributed by atoms with Crippen LogP contribution in [0.4, 0.5) is 5.00 Å². The normalized spacial score (nSPS) is 13.7. The number of thiophene rings is 1. The summed E-state index contributed by atoms with van der Waals surface area (Å²) in [5.41, 5.74) is 6.67. The van der Waals surface area contributed by atoms with Crippen molar-refractivity contribution in [3.05, 3.63) is 16.5 Å². The summed E-state index contributed by atoms with van der Waals surface area (Å²) in [6, 6.07) is 0. The largest absolute Gasteiger partial charge is 0.366 e. The summed E-state index contributed by atoms with van der Waals surface area (Å²) in [4.78, 5) is 14.9. The Morgan fingerprint density at radius 1 is 1.75 bits per heavy atom. The molecule has 1 aliphatic heterocycles. The third-order valence-electron chi connectivity index (χ3n) is 1.70. The Labute approximate surface area is 73.1 Å². The molecular weight excluding hydrogens is 174 g/mol. The van der Waals surface area contributed by atoms with Crippen molar-refractivity contribution in [2.75, 3.05) is 5.32 Å². The van der Waals surface area contributed by atoms with Crippen molar-refractivity contribution >= 4 is 28.6 Å². The number of aliphatic imine (C=N–C) groups is 1. The molecule has 3 N–H and O–H groups in total. The number of hydrogen-bond donors (Lipinski definition) is 2. The molecule has 1 amide bonds. The highest BCUT2D eigenvalue weighted by molar-refractivity contribution is 7.14. The van der Waals surface area contributed by atoms with Gasteiger partial charge in [0.2, 0.25) is 5.91 Å². The number of hydrogen-bond acceptors (Lipinski definition) is 4. The van der Waals surface area contributed by atoms with E-state index in [1.54, 1.807) is 11.7 Å². The highest BCUT2D eigenvalue weighted by Gasteiger charge is 2.16. The Hall–Kier alpha value is -1.36. The fourth-order valence-electron chi connectivity index (χ4n) is 1.11. The van der Waals surface area contributed by atoms with Crippen LogP contribution < -0.4 is 11.1 Å². The van der Waals surface area contributed by atoms with E-state index in [4.69, 9.17) is 5.73 Å². The molecule has 1 aliphatic rings. The van der Waals surface area contributed by atoms with Crippen molar-refractivity contribution in [2.45, 2.75) is 6.54 Å². The smallest absolute Gasteiger partial charge is 0.249 e. The molecule has 0 spiro atoms. The first-order valence-corrected chi connectivity index (χ1v) is 4.32. The third kappa shape index (κ3) is 0.984. The molecule has 0 bridgehead atoms. The van der Waals surface area contributed by atoms with Gasteiger partial charge in [0.05, 0.1) is 23.4 Å². The minimum atomic E-state index is -0.383. The Balaban J connectivity index is 2.48. The van der Waals surface area contributed by atoms with Crippen LogP contribution in [0.5, 0.6) is 0 Å². The molecule has 5 heteroatoms. The number of nitrogens with zero attached hydrogens (tertiary/aromatic N) is 1. The van der Waals surface area contributed by atoms with E-state index in [0.717, 1.165) is 10.6 Å². The number of anilines is 1. The number of rotatable bonds is 1. The van der Waals surface area contributed by atoms with Crippen LogP contribution in [-0.4, -0.2) is 12.2 Å². The molecular formula is C7H7N3OS. The molecule has 0 saturated heterocycles. The fraction of sp³-hybridized carbons (Fsp3) is 0.143. The summed E-state index contributed by atoms with van der Waals surface area (Å²) in [6.45, 7) is 0.546. The molecule has 0 aromatic carbocycles. The zero-order valence-corrected chi connectivity index (χ0v) is 7.02. The number of carbonyl (C=O) groups excluding carboxylic acids is 1. The summed E-state index contributed by atoms with van der Waals surface area (Å²) >= 11 is 1.48. The van der Waals surface area contributed by atoms with Gasteiger partial charge in [-0.05, 0) is 0 Å². The average Bonchev–Trinajstić information content (AvgIpc) is 2.47. The van der Waals surface area contributed by atoms with E-state index in [2.05, 4.69) is 10.3 Å². The summed E-state index contributed by atoms with van der Waals surface area (Å²) in [7, 11) is 0. The molecule has 1 aromatic heterocycles. The van der Waals surface area contributed by atoms with Gasteiger partial charge >= 0.3 is 0 Å². The Kier molecular flexibility index (Phi) is 1.58. The molecule has 0 aliphatic carbocycles. The van der Waals surface area contributed by atoms with Crippen LogP contribution in [0.25, 0.3) is 0 Å². The lowest BCUT2D eigenvalue weighted by Gasteiger charge is -2.06. The summed E-state index contributed by atoms with van der Waals surface area (Å²) in [5, 5.41) is 5.69. The van der Waals surface area contributed by atoms with Crippen molar-refractivity contribution < 1.29 is 4.79 Å². The van der Waals surface area contributed by atoms with Crippen LogP contribution in [0.1, 0.15) is 15.9 Å². The first-order valence-electron chi connectivity index (χ1n) is 3.44. The van der Waals surface area contributed by atoms with Crippen LogP contribution in [0.2, 0.25) is 0 Å². The van der Waals surface area contributed by atoms with E-state index >= 15 is 0 Å². The van der Waals surface area contributed by atoms with Gasteiger partial charge in [0, 0.05) is 10.9 Å². The molecule has 0 atom stereocenters. The van der Waals surface area contributed by atoms with Gasteiger partial charge in [-0.1, -0.05) is 0 Å². The molecule has 4 nitrogen and oxygen atoms in total. The number of carbonyl (C=O) groups is 1. The van der Waals surface area contributed by atoms with Crippen molar-refractivity contribution in [3.63, 3.8) is 0 Å². The van der Waals surface area contributed by atoms with Crippen LogP contribution in [0.3, 0.4) is 0 Å². The maximum Gasteiger partial charge on any atom is 0.249 e. The first-order chi connectivity index (χ1) is 5.79. The maximum absolute atomic E-state index is 10.9. The number of amides is 1. The van der Waals surface area contributed by atoms with Gasteiger partial charge in [0.1, 0.15) is 0 Å². The molecule has 12 heavy (non-hydrogen) atoms. The second-order valence-electron chi connectivity index (χ2n) is 2.44. The minimum Gasteiger partial charge on any atom is -0.366 e. The van der Waals surface area contributed by atoms with Gasteiger partial charge in [-0.2, -0.15) is 0 Å². The van der Waals surface area contributed by atoms with Gasteiger partial charge in [0.25, 0.3) is 0 Å². The second-order valence-corrected chi connectivity index (χ2v) is 3.32. The van der Waals surface area contributed by atoms with E-state index in [-0.39, 0.29) is 5.91 Å². The van der Waals surface area contributed by atoms with E-state index < -0.39 is 0 Å². The van der Waals surface area contributed by atoms with Gasteiger partial charge in [-0.25, -0.2) is 0 Å². The van der Waals surface area contributed by atoms with Gasteiger partial charge in [0.15, 0.2) is 0 Å². The topological polar surface area (TPSA) is 67.5 Å². The molecule has 2 heterocycles. The Bertz CT molecular complexity index is 356. The predicted octanol–water partition coefficient (Wildman–Crippen LogP) is 0.801. The quantitative estimate of drug-likeness (QED) is 0.673. The van der Waals surface area contributed by atoms with Crippen LogP contribution in [0, 0.1) is 0 Å². The lowest BCUT2D eigenvalue weighted by atomic mass is 10.1. The standard InChI is InChI=1S/C7H7N3OS/c8-6(11)5-2-12-7-4(5)1-9-3-10-7/h2-3H,1H2,(H2,8,11)(H,9,10). The summed E-state index contributed by atoms with van der Waals surface area (Å²) in [5.74, 6) is -0.383. The van der Waals surface area contributed by atoms with Crippen LogP contribution in [0.15, 0.2) is 10.4 Å². The molecule has 2 rings (SSSR count). The Morgan fingerprint density at radius 3 is 3.33 bits per heavy atom. The van der Waals surface area contributed by atoms with Gasteiger partial charge in [-0.15, -0.1) is 11.3 Å². The SMILES string of the molecule is NC(=O)c1csc2c1CN=CN2. The van der Waals surface area contributed by atoms with E-state index in [9.17, 15) is 4.79 Å². The zero-order valence-electron chi connectivity index (χ0n) is 6.20. The second kappa shape index (κ2) is 2.60. The van der Waals surface area contributed by atoms with Crippen LogP contribution in [-0.2, 0) is 6.54 Å². The predicted molar refractivity (Wildman–Crippen MR) is 48.7 cm³/mol. The number of primary amides is 1. The fourth-order valence-corrected chi connectivity index (χ4v) is 2.04.